The Morgan fingerprint density at radius 1 is 1.45 bits per heavy atom. The maximum absolute atomic E-state index is 12.5. The van der Waals surface area contributed by atoms with Crippen LogP contribution in [0.1, 0.15) is 20.7 Å². The summed E-state index contributed by atoms with van der Waals surface area (Å²) in [5.41, 5.74) is 1.43. The Balaban J connectivity index is 2.56. The van der Waals surface area contributed by atoms with Crippen molar-refractivity contribution in [2.24, 2.45) is 0 Å². The number of thioether (sulfide) groups is 1. The van der Waals surface area contributed by atoms with E-state index in [1.54, 1.807) is 18.3 Å². The van der Waals surface area contributed by atoms with Crippen LogP contribution < -0.4 is 0 Å². The highest BCUT2D eigenvalue weighted by Crippen LogP contribution is 2.39. The van der Waals surface area contributed by atoms with Crippen molar-refractivity contribution in [2.75, 3.05) is 27.0 Å². The summed E-state index contributed by atoms with van der Waals surface area (Å²) in [5.74, 6) is -0.0876. The van der Waals surface area contributed by atoms with Crippen LogP contribution in [-0.2, 0) is 4.74 Å². The van der Waals surface area contributed by atoms with Crippen molar-refractivity contribution >= 4 is 35.1 Å². The van der Waals surface area contributed by atoms with E-state index in [4.69, 9.17) is 16.3 Å². The second kappa shape index (κ2) is 5.89. The Labute approximate surface area is 126 Å². The zero-order chi connectivity index (χ0) is 14.9. The molecule has 0 radical (unpaired) electrons. The minimum atomic E-state index is -0.460. The summed E-state index contributed by atoms with van der Waals surface area (Å²) in [6.07, 6.45) is 1.78. The number of carbonyl (C=O) groups is 2. The number of halogens is 1. The molecule has 1 aliphatic heterocycles. The van der Waals surface area contributed by atoms with Crippen LogP contribution in [0.3, 0.4) is 0 Å². The predicted molar refractivity (Wildman–Crippen MR) is 79.6 cm³/mol. The van der Waals surface area contributed by atoms with Crippen LogP contribution in [0, 0.1) is 0 Å². The number of esters is 1. The number of Topliss-reactive ketones (excluding diaryl/α,β-unsaturated/α-hetero) is 1. The van der Waals surface area contributed by atoms with Gasteiger partial charge in [0, 0.05) is 36.5 Å². The molecule has 1 aromatic carbocycles. The lowest BCUT2D eigenvalue weighted by Crippen LogP contribution is -2.19. The zero-order valence-electron chi connectivity index (χ0n) is 11.4. The SMILES string of the molecule is COC(=O)c1ccc(Cl)c2c1SC/C(=C\N(C)C)C2=O. The second-order valence-electron chi connectivity index (χ2n) is 4.53. The van der Waals surface area contributed by atoms with Crippen molar-refractivity contribution in [1.82, 2.24) is 4.90 Å². The molecule has 0 spiro atoms. The molecule has 0 unspecified atom stereocenters. The van der Waals surface area contributed by atoms with Gasteiger partial charge in [-0.25, -0.2) is 4.79 Å². The molecule has 0 atom stereocenters. The third-order valence-electron chi connectivity index (χ3n) is 2.82. The Morgan fingerprint density at radius 3 is 2.75 bits per heavy atom. The summed E-state index contributed by atoms with van der Waals surface area (Å²) in [6, 6.07) is 3.15. The lowest BCUT2D eigenvalue weighted by atomic mass is 10.0. The van der Waals surface area contributed by atoms with E-state index in [9.17, 15) is 9.59 Å². The van der Waals surface area contributed by atoms with Crippen molar-refractivity contribution < 1.29 is 14.3 Å². The third kappa shape index (κ3) is 2.69. The topological polar surface area (TPSA) is 46.6 Å². The highest BCUT2D eigenvalue weighted by Gasteiger charge is 2.29. The summed E-state index contributed by atoms with van der Waals surface area (Å²) in [6.45, 7) is 0. The van der Waals surface area contributed by atoms with E-state index in [0.29, 0.717) is 32.4 Å². The molecule has 0 aromatic heterocycles. The molecule has 0 saturated heterocycles. The molecule has 0 saturated carbocycles. The van der Waals surface area contributed by atoms with Crippen LogP contribution in [0.5, 0.6) is 0 Å². The number of ketones is 1. The molecule has 1 aromatic rings. The maximum atomic E-state index is 12.5. The molecule has 0 aliphatic carbocycles. The molecule has 0 bridgehead atoms. The minimum absolute atomic E-state index is 0.136. The van der Waals surface area contributed by atoms with E-state index in [1.807, 2.05) is 19.0 Å². The first kappa shape index (κ1) is 14.9. The molecule has 1 aliphatic rings. The number of hydrogen-bond acceptors (Lipinski definition) is 5. The van der Waals surface area contributed by atoms with E-state index >= 15 is 0 Å². The van der Waals surface area contributed by atoms with Gasteiger partial charge in [-0.15, -0.1) is 11.8 Å². The Kier molecular flexibility index (Phi) is 4.40. The Hall–Kier alpha value is -1.46. The minimum Gasteiger partial charge on any atom is -0.465 e. The van der Waals surface area contributed by atoms with Gasteiger partial charge in [0.15, 0.2) is 5.78 Å². The van der Waals surface area contributed by atoms with Gasteiger partial charge in [0.1, 0.15) is 0 Å². The molecule has 1 heterocycles. The smallest absolute Gasteiger partial charge is 0.339 e. The fraction of sp³-hybridized carbons (Fsp3) is 0.286. The number of nitrogens with zero attached hydrogens (tertiary/aromatic N) is 1. The summed E-state index contributed by atoms with van der Waals surface area (Å²) < 4.78 is 4.74. The van der Waals surface area contributed by atoms with Crippen LogP contribution in [0.4, 0.5) is 0 Å². The first-order chi connectivity index (χ1) is 9.45. The highest BCUT2D eigenvalue weighted by molar-refractivity contribution is 7.99. The molecular weight excluding hydrogens is 298 g/mol. The predicted octanol–water partition coefficient (Wildman–Crippen LogP) is 2.86. The summed E-state index contributed by atoms with van der Waals surface area (Å²) in [7, 11) is 5.02. The molecule has 0 N–H and O–H groups in total. The number of methoxy groups -OCH3 is 1. The van der Waals surface area contributed by atoms with Crippen LogP contribution in [0.25, 0.3) is 0 Å². The zero-order valence-corrected chi connectivity index (χ0v) is 13.0. The Morgan fingerprint density at radius 2 is 2.15 bits per heavy atom. The first-order valence-electron chi connectivity index (χ1n) is 5.91. The van der Waals surface area contributed by atoms with Gasteiger partial charge in [0.2, 0.25) is 0 Å². The van der Waals surface area contributed by atoms with E-state index in [0.717, 1.165) is 0 Å². The van der Waals surface area contributed by atoms with Gasteiger partial charge < -0.3 is 9.64 Å². The average Bonchev–Trinajstić information content (AvgIpc) is 2.41. The summed E-state index contributed by atoms with van der Waals surface area (Å²) in [4.78, 5) is 26.7. The summed E-state index contributed by atoms with van der Waals surface area (Å²) >= 11 is 7.56. The number of carbonyl (C=O) groups excluding carboxylic acids is 2. The average molecular weight is 312 g/mol. The number of ether oxygens (including phenoxy) is 1. The van der Waals surface area contributed by atoms with Gasteiger partial charge in [-0.2, -0.15) is 0 Å². The van der Waals surface area contributed by atoms with Crippen molar-refractivity contribution in [2.45, 2.75) is 4.90 Å². The molecule has 2 rings (SSSR count). The maximum Gasteiger partial charge on any atom is 0.339 e. The Bertz CT molecular complexity index is 611. The fourth-order valence-corrected chi connectivity index (χ4v) is 3.43. The van der Waals surface area contributed by atoms with Gasteiger partial charge in [-0.1, -0.05) is 11.6 Å². The second-order valence-corrected chi connectivity index (χ2v) is 5.92. The van der Waals surface area contributed by atoms with Crippen molar-refractivity contribution in [3.05, 3.63) is 40.1 Å². The molecule has 0 fully saturated rings. The number of hydrogen-bond donors (Lipinski definition) is 0. The normalized spacial score (nSPS) is 16.0. The summed E-state index contributed by atoms with van der Waals surface area (Å²) in [5, 5.41) is 0.356. The van der Waals surface area contributed by atoms with E-state index < -0.39 is 5.97 Å². The number of rotatable bonds is 2. The fourth-order valence-electron chi connectivity index (χ4n) is 1.97. The molecular formula is C14H14ClNO3S. The van der Waals surface area contributed by atoms with Gasteiger partial charge in [-0.3, -0.25) is 4.79 Å². The largest absolute Gasteiger partial charge is 0.465 e. The van der Waals surface area contributed by atoms with E-state index in [2.05, 4.69) is 0 Å². The van der Waals surface area contributed by atoms with Crippen molar-refractivity contribution in [3.63, 3.8) is 0 Å². The van der Waals surface area contributed by atoms with Crippen molar-refractivity contribution in [3.8, 4) is 0 Å². The van der Waals surface area contributed by atoms with Crippen LogP contribution in [0.2, 0.25) is 5.02 Å². The van der Waals surface area contributed by atoms with Crippen molar-refractivity contribution in [1.29, 1.82) is 0 Å². The van der Waals surface area contributed by atoms with Gasteiger partial charge in [-0.05, 0) is 12.1 Å². The lowest BCUT2D eigenvalue weighted by molar-refractivity contribution is 0.0596. The van der Waals surface area contributed by atoms with Crippen LogP contribution >= 0.6 is 23.4 Å². The molecule has 6 heteroatoms. The van der Waals surface area contributed by atoms with Gasteiger partial charge in [0.05, 0.1) is 23.3 Å². The highest BCUT2D eigenvalue weighted by atomic mass is 35.5. The first-order valence-corrected chi connectivity index (χ1v) is 7.27. The van der Waals surface area contributed by atoms with E-state index in [1.165, 1.54) is 18.9 Å². The number of benzene rings is 1. The quantitative estimate of drug-likeness (QED) is 0.621. The van der Waals surface area contributed by atoms with Crippen LogP contribution in [-0.4, -0.2) is 43.6 Å². The molecule has 20 heavy (non-hydrogen) atoms. The number of fused-ring (bicyclic) bond motifs is 1. The van der Waals surface area contributed by atoms with E-state index in [-0.39, 0.29) is 5.78 Å². The monoisotopic (exact) mass is 311 g/mol. The van der Waals surface area contributed by atoms with Gasteiger partial charge >= 0.3 is 5.97 Å². The van der Waals surface area contributed by atoms with Crippen LogP contribution in [0.15, 0.2) is 28.8 Å². The lowest BCUT2D eigenvalue weighted by Gasteiger charge is -2.21. The molecule has 106 valence electrons. The molecule has 0 amide bonds. The molecule has 4 nitrogen and oxygen atoms in total. The van der Waals surface area contributed by atoms with Gasteiger partial charge in [0.25, 0.3) is 0 Å². The standard InChI is InChI=1S/C14H14ClNO3S/c1-16(2)6-8-7-20-13-9(14(18)19-3)4-5-10(15)11(13)12(8)17/h4-6H,7H2,1-3H3/b8-6+. The third-order valence-corrected chi connectivity index (χ3v) is 4.30.